The van der Waals surface area contributed by atoms with Crippen LogP contribution in [0.3, 0.4) is 0 Å². The molecule has 0 saturated carbocycles. The van der Waals surface area contributed by atoms with E-state index in [4.69, 9.17) is 13.6 Å². The second-order valence-electron chi connectivity index (χ2n) is 10.1. The number of methoxy groups -OCH3 is 1. The lowest BCUT2D eigenvalue weighted by molar-refractivity contribution is -0.137. The Morgan fingerprint density at radius 3 is 1.81 bits per heavy atom. The van der Waals surface area contributed by atoms with Gasteiger partial charge in [-0.05, 0) is 42.3 Å². The van der Waals surface area contributed by atoms with Gasteiger partial charge in [-0.15, -0.1) is 0 Å². The molecule has 0 aromatic heterocycles. The Morgan fingerprint density at radius 1 is 0.923 bits per heavy atom. The van der Waals surface area contributed by atoms with Crippen molar-refractivity contribution in [2.45, 2.75) is 90.0 Å². The highest BCUT2D eigenvalue weighted by molar-refractivity contribution is 6.74. The predicted molar refractivity (Wildman–Crippen MR) is 113 cm³/mol. The van der Waals surface area contributed by atoms with Crippen LogP contribution in [0.2, 0.25) is 36.3 Å². The molecule has 0 bridgehead atoms. The van der Waals surface area contributed by atoms with E-state index in [1.54, 1.807) is 6.08 Å². The molecular weight excluding hydrogens is 360 g/mol. The summed E-state index contributed by atoms with van der Waals surface area (Å²) in [5.74, 6) is -0.345. The van der Waals surface area contributed by atoms with E-state index < -0.39 is 22.7 Å². The first kappa shape index (κ1) is 23.3. The highest BCUT2D eigenvalue weighted by Crippen LogP contribution is 2.42. The number of carbonyl (C=O) groups excluding carboxylic acids is 1. The summed E-state index contributed by atoms with van der Waals surface area (Å²) in [6.07, 6.45) is 5.00. The summed E-state index contributed by atoms with van der Waals surface area (Å²) in [7, 11) is -2.72. The molecule has 0 aliphatic heterocycles. The number of allylic oxidation sites excluding steroid dienone is 2. The maximum absolute atomic E-state index is 12.4. The van der Waals surface area contributed by atoms with Gasteiger partial charge in [0, 0.05) is 0 Å². The van der Waals surface area contributed by atoms with Crippen molar-refractivity contribution in [1.82, 2.24) is 0 Å². The van der Waals surface area contributed by atoms with Crippen LogP contribution < -0.4 is 0 Å². The van der Waals surface area contributed by atoms with Crippen LogP contribution in [0.25, 0.3) is 0 Å². The lowest BCUT2D eigenvalue weighted by Crippen LogP contribution is -2.53. The lowest BCUT2D eigenvalue weighted by Gasteiger charge is -2.45. The fourth-order valence-electron chi connectivity index (χ4n) is 2.19. The van der Waals surface area contributed by atoms with Crippen molar-refractivity contribution in [3.8, 4) is 0 Å². The molecule has 0 aromatic rings. The molecule has 26 heavy (non-hydrogen) atoms. The number of rotatable bonds is 5. The Bertz CT molecular complexity index is 578. The minimum absolute atomic E-state index is 0.0386. The molecule has 0 N–H and O–H groups in total. The molecule has 1 aliphatic carbocycles. The van der Waals surface area contributed by atoms with Crippen molar-refractivity contribution in [2.75, 3.05) is 7.11 Å². The molecule has 0 aromatic carbocycles. The quantitative estimate of drug-likeness (QED) is 0.457. The summed E-state index contributed by atoms with van der Waals surface area (Å²) in [6, 6.07) is 0. The van der Waals surface area contributed by atoms with Gasteiger partial charge in [0.15, 0.2) is 16.6 Å². The van der Waals surface area contributed by atoms with Crippen molar-refractivity contribution in [3.63, 3.8) is 0 Å². The number of esters is 1. The fraction of sp³-hybridized carbons (Fsp3) is 0.750. The van der Waals surface area contributed by atoms with Crippen molar-refractivity contribution < 1.29 is 18.4 Å². The molecule has 1 rings (SSSR count). The lowest BCUT2D eigenvalue weighted by atomic mass is 9.99. The smallest absolute Gasteiger partial charge is 0.336 e. The van der Waals surface area contributed by atoms with Crippen LogP contribution in [0, 0.1) is 0 Å². The summed E-state index contributed by atoms with van der Waals surface area (Å²) in [5.41, 5.74) is 0.545. The van der Waals surface area contributed by atoms with E-state index in [1.165, 1.54) is 7.11 Å². The van der Waals surface area contributed by atoms with E-state index >= 15 is 0 Å². The Hall–Kier alpha value is -0.696. The van der Waals surface area contributed by atoms with E-state index in [0.29, 0.717) is 5.57 Å². The minimum atomic E-state index is -2.10. The molecule has 0 radical (unpaired) electrons. The first-order valence-electron chi connectivity index (χ1n) is 9.36. The van der Waals surface area contributed by atoms with E-state index in [-0.39, 0.29) is 22.1 Å². The van der Waals surface area contributed by atoms with Gasteiger partial charge >= 0.3 is 5.97 Å². The third kappa shape index (κ3) is 5.18. The van der Waals surface area contributed by atoms with Gasteiger partial charge in [0.05, 0.1) is 18.8 Å². The second kappa shape index (κ2) is 7.74. The van der Waals surface area contributed by atoms with Crippen molar-refractivity contribution in [2.24, 2.45) is 0 Å². The standard InChI is InChI=1S/C20H38O4Si2/c1-19(2,3)25(8,9)23-16-14-12-13-15(18(21)22-7)17(16)24-26(10,11)20(4,5)6/h12-14,16-17H,1-11H3/t16-,17-/m0/s1. The number of ether oxygens (including phenoxy) is 1. The van der Waals surface area contributed by atoms with Gasteiger partial charge in [-0.2, -0.15) is 0 Å². The van der Waals surface area contributed by atoms with Gasteiger partial charge in [0.25, 0.3) is 0 Å². The zero-order chi connectivity index (χ0) is 20.6. The zero-order valence-corrected chi connectivity index (χ0v) is 20.5. The monoisotopic (exact) mass is 398 g/mol. The van der Waals surface area contributed by atoms with Gasteiger partial charge < -0.3 is 13.6 Å². The Balaban J connectivity index is 3.26. The Labute approximate surface area is 162 Å². The number of carbonyl (C=O) groups is 1. The zero-order valence-electron chi connectivity index (χ0n) is 18.5. The summed E-state index contributed by atoms with van der Waals surface area (Å²) in [4.78, 5) is 12.4. The summed E-state index contributed by atoms with van der Waals surface area (Å²) >= 11 is 0. The van der Waals surface area contributed by atoms with Gasteiger partial charge in [0.1, 0.15) is 6.10 Å². The van der Waals surface area contributed by atoms with Crippen LogP contribution in [0.5, 0.6) is 0 Å². The second-order valence-corrected chi connectivity index (χ2v) is 19.7. The number of hydrogen-bond acceptors (Lipinski definition) is 4. The molecule has 0 unspecified atom stereocenters. The molecule has 0 spiro atoms. The molecule has 1 aliphatic rings. The molecule has 0 amide bonds. The first-order chi connectivity index (χ1) is 11.5. The summed E-state index contributed by atoms with van der Waals surface area (Å²) < 4.78 is 18.3. The fourth-order valence-corrected chi connectivity index (χ4v) is 4.67. The maximum Gasteiger partial charge on any atom is 0.336 e. The van der Waals surface area contributed by atoms with Crippen molar-refractivity contribution >= 4 is 22.6 Å². The maximum atomic E-state index is 12.4. The first-order valence-corrected chi connectivity index (χ1v) is 15.2. The Morgan fingerprint density at radius 2 is 1.38 bits per heavy atom. The average molecular weight is 399 g/mol. The number of hydrogen-bond donors (Lipinski definition) is 0. The van der Waals surface area contributed by atoms with Gasteiger partial charge in [-0.25, -0.2) is 4.79 Å². The highest BCUT2D eigenvalue weighted by Gasteiger charge is 2.46. The van der Waals surface area contributed by atoms with Crippen LogP contribution in [-0.4, -0.2) is 41.9 Å². The summed E-state index contributed by atoms with van der Waals surface area (Å²) in [5, 5.41) is 0.117. The molecule has 150 valence electrons. The van der Waals surface area contributed by atoms with E-state index in [0.717, 1.165) is 0 Å². The third-order valence-electron chi connectivity index (χ3n) is 6.07. The van der Waals surface area contributed by atoms with E-state index in [1.807, 2.05) is 12.2 Å². The van der Waals surface area contributed by atoms with Gasteiger partial charge in [-0.3, -0.25) is 0 Å². The minimum Gasteiger partial charge on any atom is -0.466 e. The van der Waals surface area contributed by atoms with Crippen LogP contribution in [-0.2, 0) is 18.4 Å². The largest absolute Gasteiger partial charge is 0.466 e. The molecule has 6 heteroatoms. The normalized spacial score (nSPS) is 22.2. The molecule has 0 fully saturated rings. The molecule has 0 heterocycles. The van der Waals surface area contributed by atoms with E-state index in [2.05, 4.69) is 67.7 Å². The van der Waals surface area contributed by atoms with E-state index in [9.17, 15) is 4.79 Å². The van der Waals surface area contributed by atoms with Crippen LogP contribution in [0.1, 0.15) is 41.5 Å². The Kier molecular flexibility index (Phi) is 6.95. The molecule has 4 nitrogen and oxygen atoms in total. The summed E-state index contributed by atoms with van der Waals surface area (Å²) in [6.45, 7) is 22.1. The van der Waals surface area contributed by atoms with Crippen LogP contribution >= 0.6 is 0 Å². The average Bonchev–Trinajstić information content (AvgIpc) is 2.45. The van der Waals surface area contributed by atoms with Crippen LogP contribution in [0.15, 0.2) is 23.8 Å². The molecular formula is C20H38O4Si2. The van der Waals surface area contributed by atoms with Gasteiger partial charge in [0.2, 0.25) is 0 Å². The van der Waals surface area contributed by atoms with Crippen molar-refractivity contribution in [1.29, 1.82) is 0 Å². The SMILES string of the molecule is COC(=O)C1=CC=C[C@H](O[Si](C)(C)C(C)(C)C)[C@H]1O[Si](C)(C)C(C)(C)C. The predicted octanol–water partition coefficient (Wildman–Crippen LogP) is 5.44. The molecule has 0 saturated heterocycles. The molecule has 2 atom stereocenters. The van der Waals surface area contributed by atoms with Crippen LogP contribution in [0.4, 0.5) is 0 Å². The van der Waals surface area contributed by atoms with Crippen molar-refractivity contribution in [3.05, 3.63) is 23.8 Å². The van der Waals surface area contributed by atoms with Gasteiger partial charge in [-0.1, -0.05) is 53.7 Å². The topological polar surface area (TPSA) is 44.8 Å². The third-order valence-corrected chi connectivity index (χ3v) is 15.0. The highest BCUT2D eigenvalue weighted by atomic mass is 28.4.